The number of furan rings is 1. The number of morpholine rings is 1. The highest BCUT2D eigenvalue weighted by molar-refractivity contribution is 6.26. The van der Waals surface area contributed by atoms with Crippen molar-refractivity contribution >= 4 is 34.3 Å². The van der Waals surface area contributed by atoms with Gasteiger partial charge in [-0.05, 0) is 24.0 Å². The lowest BCUT2D eigenvalue weighted by Crippen LogP contribution is -3.14. The lowest BCUT2D eigenvalue weighted by molar-refractivity contribution is -0.907. The summed E-state index contributed by atoms with van der Waals surface area (Å²) in [5.74, 6) is -3.20. The summed E-state index contributed by atoms with van der Waals surface area (Å²) in [4.78, 5) is 46.0. The fourth-order valence-corrected chi connectivity index (χ4v) is 5.86. The summed E-state index contributed by atoms with van der Waals surface area (Å²) < 4.78 is 11.3. The van der Waals surface area contributed by atoms with Crippen molar-refractivity contribution in [1.29, 1.82) is 0 Å². The number of Topliss-reactive ketones (excluding diaryl/α,β-unsaturated/α-hetero) is 1. The number of nitrogens with one attached hydrogen (secondary N) is 1. The van der Waals surface area contributed by atoms with Crippen LogP contribution in [0.1, 0.15) is 16.1 Å². The summed E-state index contributed by atoms with van der Waals surface area (Å²) in [5.41, 5.74) is -0.819. The van der Waals surface area contributed by atoms with E-state index in [9.17, 15) is 19.5 Å². The zero-order valence-electron chi connectivity index (χ0n) is 20.8. The predicted octanol–water partition coefficient (Wildman–Crippen LogP) is 0.415. The number of ether oxygens (including phenoxy) is 1. The first-order valence-electron chi connectivity index (χ1n) is 12.7. The second-order valence-electron chi connectivity index (χ2n) is 9.68. The minimum Gasteiger partial charge on any atom is -0.868 e. The van der Waals surface area contributed by atoms with E-state index in [-0.39, 0.29) is 24.4 Å². The van der Waals surface area contributed by atoms with E-state index in [1.165, 1.54) is 14.7 Å². The highest BCUT2D eigenvalue weighted by atomic mass is 16.5. The smallest absolute Gasteiger partial charge is 0.262 e. The largest absolute Gasteiger partial charge is 0.868 e. The summed E-state index contributed by atoms with van der Waals surface area (Å²) >= 11 is 0. The monoisotopic (exact) mass is 513 g/mol. The third-order valence-electron chi connectivity index (χ3n) is 7.65. The second kappa shape index (κ2) is 9.27. The van der Waals surface area contributed by atoms with Gasteiger partial charge in [0.05, 0.1) is 32.0 Å². The first kappa shape index (κ1) is 24.1. The molecule has 9 nitrogen and oxygen atoms in total. The Bertz CT molecular complexity index is 1470. The Balaban J connectivity index is 1.51. The maximum Gasteiger partial charge on any atom is 0.262 e. The molecule has 1 aromatic heterocycles. The molecule has 0 aliphatic carbocycles. The van der Waals surface area contributed by atoms with Crippen molar-refractivity contribution < 1.29 is 33.5 Å². The molecule has 38 heavy (non-hydrogen) atoms. The zero-order valence-corrected chi connectivity index (χ0v) is 20.8. The Hall–Kier alpha value is -4.21. The number of hydrogen-bond donors (Lipinski definition) is 1. The van der Waals surface area contributed by atoms with Crippen molar-refractivity contribution in [1.82, 2.24) is 4.90 Å². The molecule has 1 spiro atoms. The molecule has 1 fully saturated rings. The molecule has 3 aliphatic rings. The summed E-state index contributed by atoms with van der Waals surface area (Å²) in [7, 11) is 0. The van der Waals surface area contributed by atoms with Gasteiger partial charge in [-0.2, -0.15) is 0 Å². The molecule has 1 unspecified atom stereocenters. The molecule has 0 bridgehead atoms. The first-order chi connectivity index (χ1) is 18.5. The number of carbonyl (C=O) groups is 3. The molecular weight excluding hydrogens is 486 g/mol. The average Bonchev–Trinajstić information content (AvgIpc) is 3.55. The maximum atomic E-state index is 14.3. The quantitative estimate of drug-likeness (QED) is 0.363. The van der Waals surface area contributed by atoms with Crippen LogP contribution in [0.25, 0.3) is 11.0 Å². The topological polar surface area (TPSA) is 108 Å². The van der Waals surface area contributed by atoms with E-state index in [0.717, 1.165) is 13.1 Å². The summed E-state index contributed by atoms with van der Waals surface area (Å²) in [6.45, 7) is 7.28. The second-order valence-corrected chi connectivity index (χ2v) is 9.68. The molecule has 1 saturated heterocycles. The van der Waals surface area contributed by atoms with Crippen molar-refractivity contribution in [2.24, 2.45) is 0 Å². The number of anilines is 1. The normalized spacial score (nSPS) is 21.7. The van der Waals surface area contributed by atoms with E-state index < -0.39 is 28.9 Å². The Labute approximate surface area is 219 Å². The number of hydrogen-bond acceptors (Lipinski definition) is 6. The van der Waals surface area contributed by atoms with Crippen LogP contribution in [-0.2, 0) is 19.9 Å². The number of fused-ring (bicyclic) bond motifs is 3. The fraction of sp³-hybridized carbons (Fsp3) is 0.276. The Morgan fingerprint density at radius 2 is 1.84 bits per heavy atom. The minimum atomic E-state index is -1.88. The zero-order chi connectivity index (χ0) is 26.4. The van der Waals surface area contributed by atoms with E-state index in [1.807, 2.05) is 6.07 Å². The average molecular weight is 514 g/mol. The third-order valence-corrected chi connectivity index (χ3v) is 7.65. The van der Waals surface area contributed by atoms with Crippen LogP contribution in [-0.4, -0.2) is 68.4 Å². The molecule has 0 saturated carbocycles. The number of nitrogens with zero attached hydrogens (tertiary/aromatic N) is 2. The minimum absolute atomic E-state index is 0.0881. The fourth-order valence-electron chi connectivity index (χ4n) is 5.86. The van der Waals surface area contributed by atoms with E-state index in [0.29, 0.717) is 42.0 Å². The van der Waals surface area contributed by atoms with Crippen LogP contribution in [0.4, 0.5) is 5.69 Å². The van der Waals surface area contributed by atoms with Crippen molar-refractivity contribution in [3.63, 3.8) is 0 Å². The van der Waals surface area contributed by atoms with Gasteiger partial charge in [-0.15, -0.1) is 6.58 Å². The molecule has 6 rings (SSSR count). The predicted molar refractivity (Wildman–Crippen MR) is 136 cm³/mol. The molecule has 3 aliphatic heterocycles. The highest BCUT2D eigenvalue weighted by Gasteiger charge is 2.63. The Morgan fingerprint density at radius 3 is 2.61 bits per heavy atom. The van der Waals surface area contributed by atoms with Gasteiger partial charge in [0, 0.05) is 23.1 Å². The third kappa shape index (κ3) is 3.43. The number of para-hydroxylation sites is 2. The number of ketones is 1. The lowest BCUT2D eigenvalue weighted by atomic mass is 9.81. The van der Waals surface area contributed by atoms with E-state index in [1.54, 1.807) is 54.6 Å². The van der Waals surface area contributed by atoms with Gasteiger partial charge in [0.1, 0.15) is 18.7 Å². The van der Waals surface area contributed by atoms with E-state index in [2.05, 4.69) is 6.58 Å². The molecule has 1 N–H and O–H groups in total. The standard InChI is InChI=1S/C29H27N3O6/c1-2-11-31-21-9-5-4-8-20(21)29(28(31)36)24(25(33)23-18-19-7-3-6-10-22(19)38-23)26(34)27(35)32(29)13-12-30-14-16-37-17-15-30/h2-10,18,34H,1,11-17H2. The molecule has 0 radical (unpaired) electrons. The van der Waals surface area contributed by atoms with Crippen LogP contribution >= 0.6 is 0 Å². The number of amides is 2. The van der Waals surface area contributed by atoms with Crippen molar-refractivity contribution in [3.8, 4) is 0 Å². The van der Waals surface area contributed by atoms with Gasteiger partial charge in [0.15, 0.2) is 11.3 Å². The van der Waals surface area contributed by atoms with Crippen LogP contribution in [0.2, 0.25) is 0 Å². The molecule has 2 amide bonds. The molecule has 1 atom stereocenters. The lowest BCUT2D eigenvalue weighted by Gasteiger charge is -2.37. The van der Waals surface area contributed by atoms with E-state index >= 15 is 0 Å². The van der Waals surface area contributed by atoms with Gasteiger partial charge >= 0.3 is 0 Å². The summed E-state index contributed by atoms with van der Waals surface area (Å²) in [5, 5.41) is 14.4. The van der Waals surface area contributed by atoms with Gasteiger partial charge in [-0.3, -0.25) is 14.4 Å². The van der Waals surface area contributed by atoms with Gasteiger partial charge in [0.2, 0.25) is 11.7 Å². The number of benzene rings is 2. The molecule has 9 heteroatoms. The van der Waals surface area contributed by atoms with Crippen molar-refractivity contribution in [2.75, 3.05) is 50.8 Å². The Morgan fingerprint density at radius 1 is 1.11 bits per heavy atom. The molecule has 4 heterocycles. The van der Waals surface area contributed by atoms with Gasteiger partial charge in [-0.1, -0.05) is 42.5 Å². The molecule has 194 valence electrons. The van der Waals surface area contributed by atoms with Crippen molar-refractivity contribution in [3.05, 3.63) is 89.9 Å². The maximum absolute atomic E-state index is 14.3. The first-order valence-corrected chi connectivity index (χ1v) is 12.7. The van der Waals surface area contributed by atoms with Crippen LogP contribution in [0, 0.1) is 0 Å². The summed E-state index contributed by atoms with van der Waals surface area (Å²) in [6.07, 6.45) is 1.58. The number of carbonyl (C=O) groups excluding carboxylic acids is 3. The highest BCUT2D eigenvalue weighted by Crippen LogP contribution is 2.53. The van der Waals surface area contributed by atoms with Gasteiger partial charge in [-0.25, -0.2) is 0 Å². The SMILES string of the molecule is C=CCN1C(=O)C2(C(C(=O)c3cc4ccccc4o3)=C([O-])C(=O)N2CC[NH+]2CCOCC2)c2ccccc21. The molecule has 2 aromatic carbocycles. The van der Waals surface area contributed by atoms with Gasteiger partial charge < -0.3 is 29.0 Å². The van der Waals surface area contributed by atoms with E-state index in [4.69, 9.17) is 9.15 Å². The number of rotatable bonds is 7. The number of quaternary nitrogens is 1. The van der Waals surface area contributed by atoms with Gasteiger partial charge in [0.25, 0.3) is 5.91 Å². The van der Waals surface area contributed by atoms with Crippen molar-refractivity contribution in [2.45, 2.75) is 5.54 Å². The van der Waals surface area contributed by atoms with Crippen LogP contribution in [0.3, 0.4) is 0 Å². The van der Waals surface area contributed by atoms with Crippen LogP contribution in [0.15, 0.2) is 83.0 Å². The van der Waals surface area contributed by atoms with Crippen LogP contribution in [0.5, 0.6) is 0 Å². The molecule has 3 aromatic rings. The summed E-state index contributed by atoms with van der Waals surface area (Å²) in [6, 6.07) is 15.6. The Kier molecular flexibility index (Phi) is 5.89. The van der Waals surface area contributed by atoms with Crippen LogP contribution < -0.4 is 14.9 Å². The molecular formula is C29H27N3O6.